The predicted octanol–water partition coefficient (Wildman–Crippen LogP) is 0.862. The van der Waals surface area contributed by atoms with Crippen molar-refractivity contribution in [2.24, 2.45) is 0 Å². The minimum absolute atomic E-state index is 0.304. The van der Waals surface area contributed by atoms with Gasteiger partial charge in [-0.2, -0.15) is 0 Å². The lowest BCUT2D eigenvalue weighted by Gasteiger charge is -2.15. The molecule has 0 saturated heterocycles. The van der Waals surface area contributed by atoms with Crippen molar-refractivity contribution in [3.8, 4) is 0 Å². The van der Waals surface area contributed by atoms with E-state index in [-0.39, 0.29) is 0 Å². The fourth-order valence-electron chi connectivity index (χ4n) is 1.41. The van der Waals surface area contributed by atoms with Gasteiger partial charge in [-0.3, -0.25) is 0 Å². The second kappa shape index (κ2) is 2.73. The molecule has 0 aliphatic carbocycles. The Morgan fingerprint density at radius 3 is 3.09 bits per heavy atom. The monoisotopic (exact) mass is 261 g/mol. The summed E-state index contributed by atoms with van der Waals surface area (Å²) >= 11 is 2.23. The Morgan fingerprint density at radius 2 is 2.27 bits per heavy atom. The molecule has 1 aliphatic rings. The van der Waals surface area contributed by atoms with Crippen molar-refractivity contribution in [3.63, 3.8) is 0 Å². The van der Waals surface area contributed by atoms with Gasteiger partial charge in [-0.25, -0.2) is 0 Å². The lowest BCUT2D eigenvalue weighted by atomic mass is 10.2. The Bertz CT molecular complexity index is 287. The van der Waals surface area contributed by atoms with Crippen LogP contribution in [0.25, 0.3) is 0 Å². The van der Waals surface area contributed by atoms with Gasteiger partial charge in [-0.05, 0) is 28.7 Å². The van der Waals surface area contributed by atoms with Crippen LogP contribution in [0.2, 0.25) is 0 Å². The van der Waals surface area contributed by atoms with Crippen molar-refractivity contribution >= 4 is 28.3 Å². The van der Waals surface area contributed by atoms with Crippen molar-refractivity contribution in [2.75, 3.05) is 6.54 Å². The van der Waals surface area contributed by atoms with Crippen LogP contribution >= 0.6 is 22.6 Å². The topological polar surface area (TPSA) is 27.5 Å². The van der Waals surface area contributed by atoms with Crippen molar-refractivity contribution in [2.45, 2.75) is 6.42 Å². The van der Waals surface area contributed by atoms with Crippen LogP contribution in [-0.4, -0.2) is 6.54 Å². The summed E-state index contributed by atoms with van der Waals surface area (Å²) in [7, 11) is 0. The fraction of sp³-hybridized carbons (Fsp3) is 0.250. The second-order valence-corrected chi connectivity index (χ2v) is 3.97. The normalized spacial score (nSPS) is 21.8. The zero-order chi connectivity index (χ0) is 7.84. The van der Waals surface area contributed by atoms with Gasteiger partial charge in [0.15, 0.2) is 0 Å². The molecule has 58 valence electrons. The van der Waals surface area contributed by atoms with Crippen LogP contribution in [0, 0.1) is 8.78 Å². The van der Waals surface area contributed by atoms with E-state index in [4.69, 9.17) is 0 Å². The minimum atomic E-state index is 0.304. The molecule has 2 rings (SSSR count). The van der Waals surface area contributed by atoms with Gasteiger partial charge in [0.1, 0.15) is 5.69 Å². The van der Waals surface area contributed by atoms with Crippen LogP contribution in [0.3, 0.4) is 0 Å². The number of quaternary nitrogens is 1. The standard InChI is InChI=1S/C8H8INO/c9-7-2-1-6-3-4-10(11)8(6)5-7/h1-2,5,10H,3-4H2. The van der Waals surface area contributed by atoms with Crippen molar-refractivity contribution in [1.29, 1.82) is 0 Å². The maximum Gasteiger partial charge on any atom is 0.135 e. The molecule has 2 nitrogen and oxygen atoms in total. The maximum atomic E-state index is 11.2. The van der Waals surface area contributed by atoms with Crippen LogP contribution in [0.15, 0.2) is 18.2 Å². The number of nitrogens with one attached hydrogen (secondary N) is 1. The molecule has 1 atom stereocenters. The predicted molar refractivity (Wildman–Crippen MR) is 51.7 cm³/mol. The quantitative estimate of drug-likeness (QED) is 0.544. The molecule has 0 fully saturated rings. The van der Waals surface area contributed by atoms with Crippen molar-refractivity contribution < 1.29 is 5.06 Å². The largest absolute Gasteiger partial charge is 0.629 e. The highest BCUT2D eigenvalue weighted by atomic mass is 127. The summed E-state index contributed by atoms with van der Waals surface area (Å²) < 4.78 is 1.15. The van der Waals surface area contributed by atoms with Gasteiger partial charge >= 0.3 is 0 Å². The third-order valence-electron chi connectivity index (χ3n) is 1.99. The molecule has 1 aliphatic heterocycles. The first-order chi connectivity index (χ1) is 5.27. The highest BCUT2D eigenvalue weighted by Crippen LogP contribution is 2.18. The number of rotatable bonds is 0. The summed E-state index contributed by atoms with van der Waals surface area (Å²) in [6.07, 6.45) is 0.936. The first-order valence-electron chi connectivity index (χ1n) is 3.59. The first kappa shape index (κ1) is 7.52. The molecule has 1 heterocycles. The van der Waals surface area contributed by atoms with E-state index < -0.39 is 0 Å². The molecular formula is C8H8INO. The lowest BCUT2D eigenvalue weighted by Crippen LogP contribution is -3.00. The summed E-state index contributed by atoms with van der Waals surface area (Å²) in [5, 5.41) is 11.5. The van der Waals surface area contributed by atoms with Gasteiger partial charge in [-0.1, -0.05) is 6.07 Å². The van der Waals surface area contributed by atoms with Crippen LogP contribution < -0.4 is 5.06 Å². The zero-order valence-corrected chi connectivity index (χ0v) is 8.09. The molecule has 0 saturated carbocycles. The smallest absolute Gasteiger partial charge is 0.135 e. The third kappa shape index (κ3) is 1.28. The Morgan fingerprint density at radius 1 is 1.45 bits per heavy atom. The molecule has 1 N–H and O–H groups in total. The maximum absolute atomic E-state index is 11.2. The highest BCUT2D eigenvalue weighted by molar-refractivity contribution is 14.1. The van der Waals surface area contributed by atoms with Crippen LogP contribution in [0.4, 0.5) is 5.69 Å². The molecule has 0 spiro atoms. The molecule has 0 bridgehead atoms. The van der Waals surface area contributed by atoms with Crippen LogP contribution in [-0.2, 0) is 6.42 Å². The van der Waals surface area contributed by atoms with E-state index in [0.717, 1.165) is 15.7 Å². The zero-order valence-electron chi connectivity index (χ0n) is 5.93. The minimum Gasteiger partial charge on any atom is -0.629 e. The molecule has 1 aromatic rings. The number of hydrogen-bond donors (Lipinski definition) is 1. The SMILES string of the molecule is [O-][NH+]1CCc2ccc(I)cc21. The fourth-order valence-corrected chi connectivity index (χ4v) is 1.90. The molecule has 3 heteroatoms. The van der Waals surface area contributed by atoms with E-state index in [1.165, 1.54) is 5.56 Å². The van der Waals surface area contributed by atoms with Gasteiger partial charge in [0, 0.05) is 21.6 Å². The van der Waals surface area contributed by atoms with Crippen molar-refractivity contribution in [3.05, 3.63) is 32.5 Å². The van der Waals surface area contributed by atoms with Crippen LogP contribution in [0.1, 0.15) is 5.56 Å². The highest BCUT2D eigenvalue weighted by Gasteiger charge is 2.17. The van der Waals surface area contributed by atoms with Crippen LogP contribution in [0.5, 0.6) is 0 Å². The van der Waals surface area contributed by atoms with Gasteiger partial charge in [-0.15, -0.1) is 0 Å². The average Bonchev–Trinajstić information content (AvgIpc) is 2.33. The Labute approximate surface area is 78.9 Å². The van der Waals surface area contributed by atoms with E-state index in [2.05, 4.69) is 34.7 Å². The average molecular weight is 261 g/mol. The number of benzene rings is 1. The Hall–Kier alpha value is -0.130. The number of halogens is 1. The van der Waals surface area contributed by atoms with E-state index >= 15 is 0 Å². The van der Waals surface area contributed by atoms with E-state index in [0.29, 0.717) is 11.6 Å². The van der Waals surface area contributed by atoms with E-state index in [9.17, 15) is 5.21 Å². The third-order valence-corrected chi connectivity index (χ3v) is 2.66. The van der Waals surface area contributed by atoms with E-state index in [1.807, 2.05) is 6.07 Å². The molecular weight excluding hydrogens is 253 g/mol. The molecule has 0 aromatic heterocycles. The van der Waals surface area contributed by atoms with Gasteiger partial charge in [0.2, 0.25) is 0 Å². The molecule has 11 heavy (non-hydrogen) atoms. The lowest BCUT2D eigenvalue weighted by molar-refractivity contribution is -0.768. The number of hydrogen-bond acceptors (Lipinski definition) is 1. The molecule has 1 aromatic carbocycles. The van der Waals surface area contributed by atoms with Gasteiger partial charge in [0.05, 0.1) is 6.54 Å². The summed E-state index contributed by atoms with van der Waals surface area (Å²) in [4.78, 5) is 0. The Balaban J connectivity index is 2.52. The number of fused-ring (bicyclic) bond motifs is 1. The molecule has 0 amide bonds. The molecule has 1 unspecified atom stereocenters. The summed E-state index contributed by atoms with van der Waals surface area (Å²) in [5.74, 6) is 0. The summed E-state index contributed by atoms with van der Waals surface area (Å²) in [6, 6.07) is 6.09. The van der Waals surface area contributed by atoms with Gasteiger partial charge in [0.25, 0.3) is 0 Å². The van der Waals surface area contributed by atoms with Crippen molar-refractivity contribution in [1.82, 2.24) is 0 Å². The second-order valence-electron chi connectivity index (χ2n) is 2.72. The summed E-state index contributed by atoms with van der Waals surface area (Å²) in [5.41, 5.74) is 2.16. The molecule has 0 radical (unpaired) electrons. The van der Waals surface area contributed by atoms with E-state index in [1.54, 1.807) is 0 Å². The first-order valence-corrected chi connectivity index (χ1v) is 4.67. The Kier molecular flexibility index (Phi) is 1.86. The van der Waals surface area contributed by atoms with Gasteiger partial charge < -0.3 is 10.3 Å². The number of hydroxylamine groups is 1. The summed E-state index contributed by atoms with van der Waals surface area (Å²) in [6.45, 7) is 0.704.